The average molecular weight is 247 g/mol. The minimum absolute atomic E-state index is 0.660. The summed E-state index contributed by atoms with van der Waals surface area (Å²) in [5.41, 5.74) is 2.52. The molecule has 1 aliphatic heterocycles. The second kappa shape index (κ2) is 6.19. The van der Waals surface area contributed by atoms with Crippen LogP contribution in [0.4, 0.5) is 5.69 Å². The maximum absolute atomic E-state index is 4.32. The van der Waals surface area contributed by atoms with Crippen LogP contribution in [0.5, 0.6) is 0 Å². The summed E-state index contributed by atoms with van der Waals surface area (Å²) in [5, 5.41) is 3.66. The molecule has 0 radical (unpaired) electrons. The second-order valence-corrected chi connectivity index (χ2v) is 5.57. The number of rotatable bonds is 2. The molecule has 1 aliphatic rings. The number of nitrogens with zero attached hydrogens (tertiary/aromatic N) is 2. The van der Waals surface area contributed by atoms with E-state index < -0.39 is 0 Å². The number of anilines is 1. The van der Waals surface area contributed by atoms with E-state index in [0.29, 0.717) is 12.0 Å². The van der Waals surface area contributed by atoms with Crippen LogP contribution in [0.2, 0.25) is 0 Å². The Morgan fingerprint density at radius 3 is 3.00 bits per heavy atom. The maximum Gasteiger partial charge on any atom is 0.0555 e. The summed E-state index contributed by atoms with van der Waals surface area (Å²) >= 11 is 0. The number of nitrogens with one attached hydrogen (secondary N) is 1. The molecule has 1 N–H and O–H groups in total. The molecule has 100 valence electrons. The van der Waals surface area contributed by atoms with Gasteiger partial charge in [-0.2, -0.15) is 0 Å². The normalized spacial score (nSPS) is 25.6. The van der Waals surface area contributed by atoms with Crippen molar-refractivity contribution in [3.05, 3.63) is 24.0 Å². The van der Waals surface area contributed by atoms with Gasteiger partial charge in [-0.3, -0.25) is 4.98 Å². The summed E-state index contributed by atoms with van der Waals surface area (Å²) in [5.74, 6) is 0.680. The summed E-state index contributed by atoms with van der Waals surface area (Å²) in [6.07, 6.45) is 6.35. The zero-order valence-corrected chi connectivity index (χ0v) is 11.8. The van der Waals surface area contributed by atoms with E-state index in [1.165, 1.54) is 24.1 Å². The van der Waals surface area contributed by atoms with E-state index in [1.54, 1.807) is 0 Å². The standard InChI is InChI=1S/C15H25N3/c1-4-14-5-6-18(11-13(3)9-17-14)15-7-12(2)8-16-10-15/h7-8,10,13-14,17H,4-6,9,11H2,1-3H3. The van der Waals surface area contributed by atoms with Gasteiger partial charge in [0.1, 0.15) is 0 Å². The Morgan fingerprint density at radius 2 is 2.28 bits per heavy atom. The number of aromatic nitrogens is 1. The third kappa shape index (κ3) is 3.45. The molecule has 1 fully saturated rings. The van der Waals surface area contributed by atoms with E-state index in [1.807, 2.05) is 12.4 Å². The molecule has 2 rings (SSSR count). The van der Waals surface area contributed by atoms with E-state index in [4.69, 9.17) is 0 Å². The smallest absolute Gasteiger partial charge is 0.0555 e. The zero-order chi connectivity index (χ0) is 13.0. The summed E-state index contributed by atoms with van der Waals surface area (Å²) in [6, 6.07) is 2.91. The second-order valence-electron chi connectivity index (χ2n) is 5.57. The van der Waals surface area contributed by atoms with E-state index in [9.17, 15) is 0 Å². The molecule has 0 spiro atoms. The van der Waals surface area contributed by atoms with E-state index in [-0.39, 0.29) is 0 Å². The first-order valence-electron chi connectivity index (χ1n) is 7.09. The Labute approximate surface area is 111 Å². The van der Waals surface area contributed by atoms with Crippen molar-refractivity contribution >= 4 is 5.69 Å². The first-order chi connectivity index (χ1) is 8.69. The van der Waals surface area contributed by atoms with E-state index in [2.05, 4.69) is 42.0 Å². The van der Waals surface area contributed by atoms with Crippen LogP contribution in [0.3, 0.4) is 0 Å². The molecular formula is C15H25N3. The molecule has 0 amide bonds. The monoisotopic (exact) mass is 247 g/mol. The maximum atomic E-state index is 4.32. The molecule has 2 unspecified atom stereocenters. The fourth-order valence-corrected chi connectivity index (χ4v) is 2.61. The summed E-state index contributed by atoms with van der Waals surface area (Å²) in [7, 11) is 0. The highest BCUT2D eigenvalue weighted by Crippen LogP contribution is 2.18. The largest absolute Gasteiger partial charge is 0.370 e. The molecule has 0 saturated carbocycles. The average Bonchev–Trinajstić information content (AvgIpc) is 2.34. The van der Waals surface area contributed by atoms with Gasteiger partial charge in [-0.1, -0.05) is 13.8 Å². The molecular weight excluding hydrogens is 222 g/mol. The van der Waals surface area contributed by atoms with Crippen LogP contribution in [0, 0.1) is 12.8 Å². The predicted molar refractivity (Wildman–Crippen MR) is 77.0 cm³/mol. The molecule has 1 aromatic heterocycles. The van der Waals surface area contributed by atoms with Crippen LogP contribution in [-0.4, -0.2) is 30.7 Å². The lowest BCUT2D eigenvalue weighted by molar-refractivity contribution is 0.388. The topological polar surface area (TPSA) is 28.2 Å². The SMILES string of the molecule is CCC1CCN(c2cncc(C)c2)CC(C)CN1. The predicted octanol–water partition coefficient (Wildman–Crippen LogP) is 2.60. The highest BCUT2D eigenvalue weighted by molar-refractivity contribution is 5.46. The van der Waals surface area contributed by atoms with E-state index in [0.717, 1.165) is 19.6 Å². The quantitative estimate of drug-likeness (QED) is 0.870. The summed E-state index contributed by atoms with van der Waals surface area (Å²) in [6.45, 7) is 10.1. The van der Waals surface area contributed by atoms with Crippen LogP contribution < -0.4 is 10.2 Å². The lowest BCUT2D eigenvalue weighted by atomic mass is 10.0. The lowest BCUT2D eigenvalue weighted by Crippen LogP contribution is -2.43. The van der Waals surface area contributed by atoms with Gasteiger partial charge in [0.15, 0.2) is 0 Å². The minimum atomic E-state index is 0.660. The Morgan fingerprint density at radius 1 is 1.44 bits per heavy atom. The van der Waals surface area contributed by atoms with Gasteiger partial charge in [-0.15, -0.1) is 0 Å². The van der Waals surface area contributed by atoms with Gasteiger partial charge in [-0.05, 0) is 43.9 Å². The van der Waals surface area contributed by atoms with Crippen LogP contribution >= 0.6 is 0 Å². The molecule has 1 aromatic rings. The van der Waals surface area contributed by atoms with E-state index >= 15 is 0 Å². The van der Waals surface area contributed by atoms with Gasteiger partial charge in [0, 0.05) is 25.3 Å². The molecule has 0 aliphatic carbocycles. The Balaban J connectivity index is 2.10. The van der Waals surface area contributed by atoms with Crippen molar-refractivity contribution in [1.82, 2.24) is 10.3 Å². The number of pyridine rings is 1. The minimum Gasteiger partial charge on any atom is -0.370 e. The van der Waals surface area contributed by atoms with Gasteiger partial charge < -0.3 is 10.2 Å². The third-order valence-corrected chi connectivity index (χ3v) is 3.75. The van der Waals surface area contributed by atoms with Gasteiger partial charge in [0.25, 0.3) is 0 Å². The van der Waals surface area contributed by atoms with Crippen LogP contribution in [0.15, 0.2) is 18.5 Å². The summed E-state index contributed by atoms with van der Waals surface area (Å²) < 4.78 is 0. The van der Waals surface area contributed by atoms with Crippen molar-refractivity contribution in [2.45, 2.75) is 39.7 Å². The Hall–Kier alpha value is -1.09. The lowest BCUT2D eigenvalue weighted by Gasteiger charge is -2.33. The van der Waals surface area contributed by atoms with Crippen molar-refractivity contribution in [3.8, 4) is 0 Å². The van der Waals surface area contributed by atoms with Crippen molar-refractivity contribution in [2.24, 2.45) is 5.92 Å². The third-order valence-electron chi connectivity index (χ3n) is 3.75. The van der Waals surface area contributed by atoms with Gasteiger partial charge >= 0.3 is 0 Å². The molecule has 2 atom stereocenters. The van der Waals surface area contributed by atoms with Crippen molar-refractivity contribution in [2.75, 3.05) is 24.5 Å². The number of aryl methyl sites for hydroxylation is 1. The zero-order valence-electron chi connectivity index (χ0n) is 11.8. The molecule has 3 nitrogen and oxygen atoms in total. The van der Waals surface area contributed by atoms with Crippen LogP contribution in [0.25, 0.3) is 0 Å². The van der Waals surface area contributed by atoms with Crippen molar-refractivity contribution in [1.29, 1.82) is 0 Å². The fourth-order valence-electron chi connectivity index (χ4n) is 2.61. The fraction of sp³-hybridized carbons (Fsp3) is 0.667. The Kier molecular flexibility index (Phi) is 4.59. The van der Waals surface area contributed by atoms with Crippen LogP contribution in [-0.2, 0) is 0 Å². The molecule has 1 saturated heterocycles. The highest BCUT2D eigenvalue weighted by atomic mass is 15.1. The highest BCUT2D eigenvalue weighted by Gasteiger charge is 2.18. The van der Waals surface area contributed by atoms with Gasteiger partial charge in [0.2, 0.25) is 0 Å². The van der Waals surface area contributed by atoms with Crippen LogP contribution in [0.1, 0.15) is 32.3 Å². The van der Waals surface area contributed by atoms with Crippen molar-refractivity contribution in [3.63, 3.8) is 0 Å². The number of hydrogen-bond acceptors (Lipinski definition) is 3. The number of hydrogen-bond donors (Lipinski definition) is 1. The first-order valence-corrected chi connectivity index (χ1v) is 7.09. The molecule has 0 aromatic carbocycles. The first kappa shape index (κ1) is 13.3. The van der Waals surface area contributed by atoms with Gasteiger partial charge in [0.05, 0.1) is 11.9 Å². The van der Waals surface area contributed by atoms with Crippen molar-refractivity contribution < 1.29 is 0 Å². The van der Waals surface area contributed by atoms with Gasteiger partial charge in [-0.25, -0.2) is 0 Å². The molecule has 3 heteroatoms. The molecule has 2 heterocycles. The summed E-state index contributed by atoms with van der Waals surface area (Å²) in [4.78, 5) is 6.81. The Bertz CT molecular complexity index is 378. The molecule has 18 heavy (non-hydrogen) atoms. The molecule has 0 bridgehead atoms.